The number of rotatable bonds is 1. The van der Waals surface area contributed by atoms with Crippen LogP contribution < -0.4 is 5.69 Å². The molecule has 4 nitrogen and oxygen atoms in total. The highest BCUT2D eigenvalue weighted by atomic mass is 16.3. The van der Waals surface area contributed by atoms with Crippen LogP contribution in [0.2, 0.25) is 0 Å². The number of aromatic nitrogens is 2. The van der Waals surface area contributed by atoms with E-state index in [9.17, 15) is 4.79 Å². The van der Waals surface area contributed by atoms with Crippen LogP contribution in [0, 0.1) is 0 Å². The molecule has 0 aliphatic carbocycles. The second-order valence-corrected chi connectivity index (χ2v) is 3.45. The van der Waals surface area contributed by atoms with E-state index in [1.165, 1.54) is 6.20 Å². The fourth-order valence-electron chi connectivity index (χ4n) is 1.60. The summed E-state index contributed by atoms with van der Waals surface area (Å²) in [6, 6.07) is 11.6. The topological polar surface area (TPSA) is 58.9 Å². The molecule has 0 spiro atoms. The lowest BCUT2D eigenvalue weighted by Gasteiger charge is -1.93. The first-order chi connectivity index (χ1) is 7.83. The third-order valence-electron chi connectivity index (χ3n) is 2.36. The van der Waals surface area contributed by atoms with E-state index >= 15 is 0 Å². The molecule has 0 saturated carbocycles. The van der Waals surface area contributed by atoms with Crippen molar-refractivity contribution >= 4 is 11.1 Å². The summed E-state index contributed by atoms with van der Waals surface area (Å²) >= 11 is 0. The highest BCUT2D eigenvalue weighted by molar-refractivity contribution is 5.78. The number of nitrogens with one attached hydrogen (secondary N) is 1. The minimum atomic E-state index is -0.401. The van der Waals surface area contributed by atoms with Crippen LogP contribution in [-0.4, -0.2) is 9.97 Å². The van der Waals surface area contributed by atoms with Gasteiger partial charge in [-0.2, -0.15) is 0 Å². The Hall–Kier alpha value is -2.36. The van der Waals surface area contributed by atoms with Crippen molar-refractivity contribution < 1.29 is 4.42 Å². The molecule has 0 atom stereocenters. The van der Waals surface area contributed by atoms with Crippen LogP contribution in [0.1, 0.15) is 0 Å². The first kappa shape index (κ1) is 8.91. The number of furan rings is 1. The van der Waals surface area contributed by atoms with Crippen LogP contribution in [0.15, 0.2) is 51.8 Å². The Kier molecular flexibility index (Phi) is 1.86. The van der Waals surface area contributed by atoms with Crippen molar-refractivity contribution in [3.8, 4) is 11.3 Å². The molecule has 0 bridgehead atoms. The van der Waals surface area contributed by atoms with E-state index < -0.39 is 5.69 Å². The van der Waals surface area contributed by atoms with Crippen LogP contribution in [-0.2, 0) is 0 Å². The fraction of sp³-hybridized carbons (Fsp3) is 0. The van der Waals surface area contributed by atoms with Gasteiger partial charge in [-0.3, -0.25) is 4.98 Å². The van der Waals surface area contributed by atoms with Gasteiger partial charge >= 0.3 is 5.69 Å². The molecule has 1 N–H and O–H groups in total. The molecule has 0 amide bonds. The number of hydrogen-bond donors (Lipinski definition) is 1. The van der Waals surface area contributed by atoms with Crippen LogP contribution >= 0.6 is 0 Å². The zero-order valence-corrected chi connectivity index (χ0v) is 8.31. The molecule has 4 heteroatoms. The van der Waals surface area contributed by atoms with E-state index in [4.69, 9.17) is 4.42 Å². The van der Waals surface area contributed by atoms with E-state index in [1.54, 1.807) is 0 Å². The number of benzene rings is 1. The fourth-order valence-corrected chi connectivity index (χ4v) is 1.60. The minimum absolute atomic E-state index is 0.401. The molecule has 2 aromatic heterocycles. The number of H-pyrrole nitrogens is 1. The third kappa shape index (κ3) is 1.40. The van der Waals surface area contributed by atoms with E-state index in [2.05, 4.69) is 9.97 Å². The maximum Gasteiger partial charge on any atom is 0.347 e. The SMILES string of the molecule is O=c1ncc2cc(-c3ccccc3)oc2[nH]1. The summed E-state index contributed by atoms with van der Waals surface area (Å²) in [6.07, 6.45) is 1.50. The largest absolute Gasteiger partial charge is 0.440 e. The van der Waals surface area contributed by atoms with E-state index in [0.29, 0.717) is 5.71 Å². The lowest BCUT2D eigenvalue weighted by molar-refractivity contribution is 0.615. The lowest BCUT2D eigenvalue weighted by atomic mass is 10.2. The predicted octanol–water partition coefficient (Wildman–Crippen LogP) is 2.18. The summed E-state index contributed by atoms with van der Waals surface area (Å²) in [5.74, 6) is 0.722. The van der Waals surface area contributed by atoms with Crippen molar-refractivity contribution in [3.05, 3.63) is 53.1 Å². The van der Waals surface area contributed by atoms with Crippen LogP contribution in [0.3, 0.4) is 0 Å². The highest BCUT2D eigenvalue weighted by Gasteiger charge is 2.06. The number of hydrogen-bond acceptors (Lipinski definition) is 3. The second-order valence-electron chi connectivity index (χ2n) is 3.45. The first-order valence-corrected chi connectivity index (χ1v) is 4.87. The molecule has 0 fully saturated rings. The van der Waals surface area contributed by atoms with Crippen molar-refractivity contribution in [2.45, 2.75) is 0 Å². The molecule has 0 saturated heterocycles. The van der Waals surface area contributed by atoms with Gasteiger partial charge in [-0.25, -0.2) is 9.78 Å². The zero-order chi connectivity index (χ0) is 11.0. The summed E-state index contributed by atoms with van der Waals surface area (Å²) in [7, 11) is 0. The average molecular weight is 212 g/mol. The Balaban J connectivity index is 2.23. The van der Waals surface area contributed by atoms with Gasteiger partial charge in [0, 0.05) is 11.8 Å². The number of aromatic amines is 1. The second kappa shape index (κ2) is 3.34. The molecule has 0 radical (unpaired) electrons. The lowest BCUT2D eigenvalue weighted by Crippen LogP contribution is -2.07. The smallest absolute Gasteiger partial charge is 0.347 e. The highest BCUT2D eigenvalue weighted by Crippen LogP contribution is 2.25. The molecule has 1 aromatic carbocycles. The van der Waals surface area contributed by atoms with Crippen LogP contribution in [0.5, 0.6) is 0 Å². The maximum absolute atomic E-state index is 11.0. The van der Waals surface area contributed by atoms with Gasteiger partial charge in [-0.1, -0.05) is 30.3 Å². The normalized spacial score (nSPS) is 10.8. The average Bonchev–Trinajstić information content (AvgIpc) is 2.73. The van der Waals surface area contributed by atoms with Gasteiger partial charge in [0.05, 0.1) is 5.39 Å². The molecular formula is C12H8N2O2. The summed E-state index contributed by atoms with van der Waals surface area (Å²) in [4.78, 5) is 17.2. The van der Waals surface area contributed by atoms with Gasteiger partial charge in [0.1, 0.15) is 5.76 Å². The third-order valence-corrected chi connectivity index (χ3v) is 2.36. The van der Waals surface area contributed by atoms with Gasteiger partial charge in [0.15, 0.2) is 0 Å². The maximum atomic E-state index is 11.0. The Morgan fingerprint density at radius 3 is 2.81 bits per heavy atom. The van der Waals surface area contributed by atoms with Crippen LogP contribution in [0.25, 0.3) is 22.4 Å². The van der Waals surface area contributed by atoms with E-state index in [0.717, 1.165) is 16.7 Å². The summed E-state index contributed by atoms with van der Waals surface area (Å²) < 4.78 is 5.54. The van der Waals surface area contributed by atoms with Gasteiger partial charge in [-0.05, 0) is 6.07 Å². The standard InChI is InChI=1S/C12H8N2O2/c15-12-13-7-9-6-10(16-11(9)14-12)8-4-2-1-3-5-8/h1-7H,(H,13,14,15). The predicted molar refractivity (Wildman–Crippen MR) is 60.1 cm³/mol. The van der Waals surface area contributed by atoms with Crippen molar-refractivity contribution in [2.75, 3.05) is 0 Å². The Bertz CT molecular complexity index is 683. The molecular weight excluding hydrogens is 204 g/mol. The van der Waals surface area contributed by atoms with Gasteiger partial charge < -0.3 is 4.42 Å². The van der Waals surface area contributed by atoms with Crippen molar-refractivity contribution in [2.24, 2.45) is 0 Å². The molecule has 0 aliphatic heterocycles. The van der Waals surface area contributed by atoms with Crippen molar-refractivity contribution in [1.29, 1.82) is 0 Å². The van der Waals surface area contributed by atoms with Crippen molar-refractivity contribution in [3.63, 3.8) is 0 Å². The molecule has 3 rings (SSSR count). The number of nitrogens with zero attached hydrogens (tertiary/aromatic N) is 1. The van der Waals surface area contributed by atoms with Gasteiger partial charge in [0.2, 0.25) is 5.71 Å². The quantitative estimate of drug-likeness (QED) is 0.672. The first-order valence-electron chi connectivity index (χ1n) is 4.87. The molecule has 0 aliphatic rings. The Labute approximate surface area is 90.6 Å². The van der Waals surface area contributed by atoms with Gasteiger partial charge in [-0.15, -0.1) is 0 Å². The zero-order valence-electron chi connectivity index (χ0n) is 8.31. The molecule has 2 heterocycles. The van der Waals surface area contributed by atoms with Crippen molar-refractivity contribution in [1.82, 2.24) is 9.97 Å². The molecule has 16 heavy (non-hydrogen) atoms. The molecule has 78 valence electrons. The minimum Gasteiger partial charge on any atom is -0.440 e. The molecule has 0 unspecified atom stereocenters. The summed E-state index contributed by atoms with van der Waals surface area (Å²) in [5, 5.41) is 0.790. The van der Waals surface area contributed by atoms with E-state index in [1.807, 2.05) is 36.4 Å². The monoisotopic (exact) mass is 212 g/mol. The number of fused-ring (bicyclic) bond motifs is 1. The summed E-state index contributed by atoms with van der Waals surface area (Å²) in [5.41, 5.74) is 1.03. The Morgan fingerprint density at radius 2 is 2.00 bits per heavy atom. The Morgan fingerprint density at radius 1 is 1.19 bits per heavy atom. The van der Waals surface area contributed by atoms with E-state index in [-0.39, 0.29) is 0 Å². The molecule has 3 aromatic rings. The van der Waals surface area contributed by atoms with Gasteiger partial charge in [0.25, 0.3) is 0 Å². The summed E-state index contributed by atoms with van der Waals surface area (Å²) in [6.45, 7) is 0. The van der Waals surface area contributed by atoms with Crippen LogP contribution in [0.4, 0.5) is 0 Å².